The number of aromatic nitrogens is 1. The number of rotatable bonds is 3. The predicted octanol–water partition coefficient (Wildman–Crippen LogP) is 2.22. The molecule has 0 saturated heterocycles. The van der Waals surface area contributed by atoms with Crippen molar-refractivity contribution in [2.75, 3.05) is 17.7 Å². The van der Waals surface area contributed by atoms with Crippen LogP contribution >= 0.6 is 0 Å². The lowest BCUT2D eigenvalue weighted by molar-refractivity contribution is 0.578. The number of pyridine rings is 1. The van der Waals surface area contributed by atoms with E-state index in [4.69, 9.17) is 0 Å². The molecular weight excluding hydrogens is 200 g/mol. The minimum Gasteiger partial charge on any atom is -0.371 e. The van der Waals surface area contributed by atoms with Crippen LogP contribution < -0.4 is 10.6 Å². The zero-order valence-electron chi connectivity index (χ0n) is 8.64. The second kappa shape index (κ2) is 3.64. The van der Waals surface area contributed by atoms with Crippen molar-refractivity contribution in [3.8, 4) is 0 Å². The quantitative estimate of drug-likeness (QED) is 0.808. The van der Waals surface area contributed by atoms with Gasteiger partial charge < -0.3 is 10.6 Å². The van der Waals surface area contributed by atoms with Crippen LogP contribution in [0.1, 0.15) is 13.3 Å². The van der Waals surface area contributed by atoms with E-state index in [-0.39, 0.29) is 17.7 Å². The molecule has 5 heteroatoms. The molecule has 2 atom stereocenters. The molecule has 2 N–H and O–H groups in total. The summed E-state index contributed by atoms with van der Waals surface area (Å²) in [7, 11) is 1.55. The van der Waals surface area contributed by atoms with Crippen LogP contribution in [-0.2, 0) is 0 Å². The average Bonchev–Trinajstić information content (AvgIpc) is 2.87. The van der Waals surface area contributed by atoms with Crippen molar-refractivity contribution in [1.82, 2.24) is 4.98 Å². The van der Waals surface area contributed by atoms with E-state index in [0.29, 0.717) is 5.92 Å². The van der Waals surface area contributed by atoms with Crippen molar-refractivity contribution in [3.63, 3.8) is 0 Å². The summed E-state index contributed by atoms with van der Waals surface area (Å²) in [5, 5.41) is 5.52. The Balaban J connectivity index is 2.22. The van der Waals surface area contributed by atoms with Gasteiger partial charge in [-0.2, -0.15) is 0 Å². The van der Waals surface area contributed by atoms with Crippen LogP contribution in [0, 0.1) is 17.6 Å². The molecule has 0 aromatic carbocycles. The van der Waals surface area contributed by atoms with Crippen molar-refractivity contribution in [2.24, 2.45) is 5.92 Å². The highest BCUT2D eigenvalue weighted by Crippen LogP contribution is 2.33. The number of hydrogen-bond acceptors (Lipinski definition) is 3. The Morgan fingerprint density at radius 1 is 1.33 bits per heavy atom. The van der Waals surface area contributed by atoms with Gasteiger partial charge in [-0.25, -0.2) is 13.8 Å². The summed E-state index contributed by atoms with van der Waals surface area (Å²) in [6, 6.07) is 1.11. The largest absolute Gasteiger partial charge is 0.371 e. The molecular formula is C10H13F2N3. The molecule has 1 aromatic heterocycles. The summed E-state index contributed by atoms with van der Waals surface area (Å²) in [6.07, 6.45) is 1.01. The molecule has 1 aliphatic carbocycles. The van der Waals surface area contributed by atoms with Gasteiger partial charge in [-0.3, -0.25) is 0 Å². The number of hydrogen-bond donors (Lipinski definition) is 2. The van der Waals surface area contributed by atoms with Gasteiger partial charge in [0.2, 0.25) is 0 Å². The maximum absolute atomic E-state index is 13.3. The fourth-order valence-electron chi connectivity index (χ4n) is 1.44. The van der Waals surface area contributed by atoms with E-state index in [1.165, 1.54) is 0 Å². The monoisotopic (exact) mass is 213 g/mol. The number of nitrogens with zero attached hydrogens (tertiary/aromatic N) is 1. The van der Waals surface area contributed by atoms with Crippen molar-refractivity contribution >= 4 is 11.6 Å². The van der Waals surface area contributed by atoms with Gasteiger partial charge in [0.25, 0.3) is 0 Å². The van der Waals surface area contributed by atoms with Crippen LogP contribution in [-0.4, -0.2) is 18.1 Å². The van der Waals surface area contributed by atoms with Gasteiger partial charge in [0, 0.05) is 19.2 Å². The first kappa shape index (κ1) is 10.1. The molecule has 0 aliphatic heterocycles. The minimum absolute atomic E-state index is 0.0622. The SMILES string of the molecule is CNc1nc(NC2CC2C)c(F)cc1F. The molecule has 2 rings (SSSR count). The van der Waals surface area contributed by atoms with E-state index in [0.717, 1.165) is 12.5 Å². The average molecular weight is 213 g/mol. The summed E-state index contributed by atoms with van der Waals surface area (Å²) in [6.45, 7) is 2.07. The van der Waals surface area contributed by atoms with E-state index in [2.05, 4.69) is 22.5 Å². The van der Waals surface area contributed by atoms with Crippen LogP contribution in [0.3, 0.4) is 0 Å². The van der Waals surface area contributed by atoms with Gasteiger partial charge in [0.15, 0.2) is 23.3 Å². The number of halogens is 2. The highest BCUT2D eigenvalue weighted by molar-refractivity contribution is 5.48. The summed E-state index contributed by atoms with van der Waals surface area (Å²) in [5.41, 5.74) is 0. The Labute approximate surface area is 86.9 Å². The van der Waals surface area contributed by atoms with Gasteiger partial charge >= 0.3 is 0 Å². The van der Waals surface area contributed by atoms with Gasteiger partial charge in [-0.15, -0.1) is 0 Å². The third kappa shape index (κ3) is 2.00. The summed E-state index contributed by atoms with van der Waals surface area (Å²) < 4.78 is 26.4. The van der Waals surface area contributed by atoms with Crippen molar-refractivity contribution in [2.45, 2.75) is 19.4 Å². The van der Waals surface area contributed by atoms with Gasteiger partial charge in [-0.1, -0.05) is 6.92 Å². The number of anilines is 2. The Morgan fingerprint density at radius 3 is 2.47 bits per heavy atom. The topological polar surface area (TPSA) is 37.0 Å². The van der Waals surface area contributed by atoms with Crippen molar-refractivity contribution < 1.29 is 8.78 Å². The molecule has 3 nitrogen and oxygen atoms in total. The standard InChI is InChI=1S/C10H13F2N3/c1-5-3-8(5)14-10-7(12)4-6(11)9(13-2)15-10/h4-5,8H,3H2,1-2H3,(H2,13,14,15). The van der Waals surface area contributed by atoms with Crippen LogP contribution in [0.5, 0.6) is 0 Å². The second-order valence-corrected chi connectivity index (χ2v) is 3.86. The first-order chi connectivity index (χ1) is 7.11. The Hall–Kier alpha value is -1.39. The summed E-state index contributed by atoms with van der Waals surface area (Å²) in [5.74, 6) is -0.605. The third-order valence-electron chi connectivity index (χ3n) is 2.60. The maximum Gasteiger partial charge on any atom is 0.168 e. The van der Waals surface area contributed by atoms with Crippen molar-refractivity contribution in [1.29, 1.82) is 0 Å². The predicted molar refractivity (Wildman–Crippen MR) is 54.9 cm³/mol. The molecule has 0 bridgehead atoms. The van der Waals surface area contributed by atoms with Crippen LogP contribution in [0.4, 0.5) is 20.4 Å². The van der Waals surface area contributed by atoms with E-state index < -0.39 is 11.6 Å². The molecule has 0 spiro atoms. The summed E-state index contributed by atoms with van der Waals surface area (Å²) in [4.78, 5) is 3.83. The first-order valence-corrected chi connectivity index (χ1v) is 4.92. The molecule has 1 fully saturated rings. The molecule has 1 aliphatic rings. The van der Waals surface area contributed by atoms with E-state index in [1.54, 1.807) is 7.05 Å². The molecule has 15 heavy (non-hydrogen) atoms. The zero-order chi connectivity index (χ0) is 11.0. The molecule has 1 aromatic rings. The fourth-order valence-corrected chi connectivity index (χ4v) is 1.44. The molecule has 2 unspecified atom stereocenters. The van der Waals surface area contributed by atoms with Crippen molar-refractivity contribution in [3.05, 3.63) is 17.7 Å². The van der Waals surface area contributed by atoms with E-state index >= 15 is 0 Å². The molecule has 82 valence electrons. The Morgan fingerprint density at radius 2 is 1.93 bits per heavy atom. The fraction of sp³-hybridized carbons (Fsp3) is 0.500. The van der Waals surface area contributed by atoms with Gasteiger partial charge in [0.05, 0.1) is 0 Å². The zero-order valence-corrected chi connectivity index (χ0v) is 8.64. The van der Waals surface area contributed by atoms with Gasteiger partial charge in [0.1, 0.15) is 0 Å². The lowest BCUT2D eigenvalue weighted by atomic mass is 10.4. The van der Waals surface area contributed by atoms with E-state index in [9.17, 15) is 8.78 Å². The lowest BCUT2D eigenvalue weighted by Crippen LogP contribution is -2.09. The first-order valence-electron chi connectivity index (χ1n) is 4.92. The normalized spacial score (nSPS) is 23.7. The molecule has 0 amide bonds. The number of nitrogens with one attached hydrogen (secondary N) is 2. The van der Waals surface area contributed by atoms with Crippen LogP contribution in [0.2, 0.25) is 0 Å². The second-order valence-electron chi connectivity index (χ2n) is 3.86. The summed E-state index contributed by atoms with van der Waals surface area (Å²) >= 11 is 0. The highest BCUT2D eigenvalue weighted by atomic mass is 19.1. The molecule has 0 radical (unpaired) electrons. The van der Waals surface area contributed by atoms with E-state index in [1.807, 2.05) is 0 Å². The van der Waals surface area contributed by atoms with Crippen LogP contribution in [0.15, 0.2) is 6.07 Å². The van der Waals surface area contributed by atoms with Gasteiger partial charge in [-0.05, 0) is 12.3 Å². The van der Waals surface area contributed by atoms with Crippen LogP contribution in [0.25, 0.3) is 0 Å². The molecule has 1 heterocycles. The molecule has 1 saturated carbocycles. The third-order valence-corrected chi connectivity index (χ3v) is 2.60. The smallest absolute Gasteiger partial charge is 0.168 e. The highest BCUT2D eigenvalue weighted by Gasteiger charge is 2.33. The Bertz CT molecular complexity index is 381. The maximum atomic E-state index is 13.3. The lowest BCUT2D eigenvalue weighted by Gasteiger charge is -2.08. The minimum atomic E-state index is -0.676. The Kier molecular flexibility index (Phi) is 2.46.